The molecule has 4 heteroatoms. The van der Waals surface area contributed by atoms with E-state index in [0.29, 0.717) is 6.04 Å². The molecule has 0 aliphatic carbocycles. The highest BCUT2D eigenvalue weighted by molar-refractivity contribution is 9.10. The lowest BCUT2D eigenvalue weighted by atomic mass is 10.0. The maximum atomic E-state index is 10.5. The standard InChI is InChI=1S/C18H21BrN2O/c19-15-11-12(6-8-16(15)20)10-14-7-9-17(21-14)18(22)13-4-2-1-3-5-13/h1-6,8,11,14,17-18,21-22H,7,9-10,20H2/t14-,17-,18-/m1/s1. The van der Waals surface area contributed by atoms with Gasteiger partial charge in [0.15, 0.2) is 0 Å². The highest BCUT2D eigenvalue weighted by Crippen LogP contribution is 2.28. The van der Waals surface area contributed by atoms with Crippen LogP contribution in [-0.2, 0) is 6.42 Å². The number of rotatable bonds is 4. The predicted octanol–water partition coefficient (Wildman–Crippen LogP) is 3.43. The van der Waals surface area contributed by atoms with Crippen molar-refractivity contribution in [2.45, 2.75) is 37.5 Å². The number of benzene rings is 2. The Kier molecular flexibility index (Phi) is 4.81. The number of hydrogen-bond acceptors (Lipinski definition) is 3. The number of nitrogen functional groups attached to an aromatic ring is 1. The monoisotopic (exact) mass is 360 g/mol. The summed E-state index contributed by atoms with van der Waals surface area (Å²) in [4.78, 5) is 0. The quantitative estimate of drug-likeness (QED) is 0.732. The summed E-state index contributed by atoms with van der Waals surface area (Å²) in [5.41, 5.74) is 8.83. The highest BCUT2D eigenvalue weighted by Gasteiger charge is 2.29. The van der Waals surface area contributed by atoms with Gasteiger partial charge in [-0.25, -0.2) is 0 Å². The van der Waals surface area contributed by atoms with Crippen molar-refractivity contribution in [3.63, 3.8) is 0 Å². The van der Waals surface area contributed by atoms with Gasteiger partial charge in [-0.05, 0) is 58.5 Å². The third-order valence-electron chi connectivity index (χ3n) is 4.35. The van der Waals surface area contributed by atoms with Crippen molar-refractivity contribution < 1.29 is 5.11 Å². The summed E-state index contributed by atoms with van der Waals surface area (Å²) in [5, 5.41) is 14.1. The molecular weight excluding hydrogens is 340 g/mol. The van der Waals surface area contributed by atoms with Crippen LogP contribution in [0.3, 0.4) is 0 Å². The van der Waals surface area contributed by atoms with E-state index in [-0.39, 0.29) is 6.04 Å². The van der Waals surface area contributed by atoms with Gasteiger partial charge < -0.3 is 16.2 Å². The average Bonchev–Trinajstić information content (AvgIpc) is 2.99. The first kappa shape index (κ1) is 15.5. The summed E-state index contributed by atoms with van der Waals surface area (Å²) in [6.07, 6.45) is 2.59. The molecule has 1 fully saturated rings. The normalized spacial score (nSPS) is 22.6. The fourth-order valence-corrected chi connectivity index (χ4v) is 3.55. The number of anilines is 1. The Morgan fingerprint density at radius 2 is 1.95 bits per heavy atom. The van der Waals surface area contributed by atoms with Crippen LogP contribution in [0, 0.1) is 0 Å². The molecule has 3 rings (SSSR count). The Bertz CT molecular complexity index is 632. The van der Waals surface area contributed by atoms with Crippen LogP contribution in [0.5, 0.6) is 0 Å². The molecule has 0 saturated carbocycles. The molecule has 0 spiro atoms. The van der Waals surface area contributed by atoms with Crippen molar-refractivity contribution in [2.24, 2.45) is 0 Å². The van der Waals surface area contributed by atoms with Crippen molar-refractivity contribution in [1.82, 2.24) is 5.32 Å². The Morgan fingerprint density at radius 3 is 2.68 bits per heavy atom. The van der Waals surface area contributed by atoms with E-state index in [0.717, 1.165) is 35.0 Å². The van der Waals surface area contributed by atoms with Gasteiger partial charge in [0.05, 0.1) is 6.10 Å². The number of aliphatic hydroxyl groups excluding tert-OH is 1. The van der Waals surface area contributed by atoms with E-state index in [2.05, 4.69) is 33.4 Å². The van der Waals surface area contributed by atoms with Crippen LogP contribution in [0.2, 0.25) is 0 Å². The Morgan fingerprint density at radius 1 is 1.18 bits per heavy atom. The summed E-state index contributed by atoms with van der Waals surface area (Å²) < 4.78 is 0.948. The third kappa shape index (κ3) is 3.51. The van der Waals surface area contributed by atoms with Crippen LogP contribution < -0.4 is 11.1 Å². The van der Waals surface area contributed by atoms with E-state index in [1.54, 1.807) is 0 Å². The van der Waals surface area contributed by atoms with E-state index in [1.165, 1.54) is 5.56 Å². The smallest absolute Gasteiger partial charge is 0.0943 e. The van der Waals surface area contributed by atoms with Gasteiger partial charge in [0.1, 0.15) is 0 Å². The number of hydrogen-bond donors (Lipinski definition) is 3. The molecule has 0 bridgehead atoms. The molecule has 2 aromatic carbocycles. The molecule has 1 saturated heterocycles. The predicted molar refractivity (Wildman–Crippen MR) is 93.6 cm³/mol. The molecule has 0 unspecified atom stereocenters. The van der Waals surface area contributed by atoms with Crippen molar-refractivity contribution in [1.29, 1.82) is 0 Å². The summed E-state index contributed by atoms with van der Waals surface area (Å²) in [7, 11) is 0. The molecule has 0 radical (unpaired) electrons. The maximum absolute atomic E-state index is 10.5. The fraction of sp³-hybridized carbons (Fsp3) is 0.333. The van der Waals surface area contributed by atoms with E-state index < -0.39 is 6.10 Å². The third-order valence-corrected chi connectivity index (χ3v) is 5.03. The largest absolute Gasteiger partial charge is 0.398 e. The zero-order valence-corrected chi connectivity index (χ0v) is 14.0. The van der Waals surface area contributed by atoms with Crippen molar-refractivity contribution in [3.8, 4) is 0 Å². The number of nitrogens with one attached hydrogen (secondary N) is 1. The molecule has 4 N–H and O–H groups in total. The zero-order chi connectivity index (χ0) is 15.5. The van der Waals surface area contributed by atoms with Gasteiger partial charge in [0.2, 0.25) is 0 Å². The minimum Gasteiger partial charge on any atom is -0.398 e. The molecule has 2 aromatic rings. The molecule has 0 aromatic heterocycles. The van der Waals surface area contributed by atoms with Gasteiger partial charge in [-0.1, -0.05) is 36.4 Å². The lowest BCUT2D eigenvalue weighted by molar-refractivity contribution is 0.135. The van der Waals surface area contributed by atoms with E-state index in [4.69, 9.17) is 5.73 Å². The van der Waals surface area contributed by atoms with Gasteiger partial charge in [0.25, 0.3) is 0 Å². The SMILES string of the molecule is Nc1ccc(C[C@H]2CC[C@H]([C@H](O)c3ccccc3)N2)cc1Br. The first-order valence-electron chi connectivity index (χ1n) is 7.66. The Balaban J connectivity index is 1.61. The first-order valence-corrected chi connectivity index (χ1v) is 8.46. The van der Waals surface area contributed by atoms with Crippen LogP contribution in [0.4, 0.5) is 5.69 Å². The second-order valence-corrected chi connectivity index (χ2v) is 6.82. The summed E-state index contributed by atoms with van der Waals surface area (Å²) >= 11 is 3.48. The van der Waals surface area contributed by atoms with Crippen molar-refractivity contribution in [2.75, 3.05) is 5.73 Å². The summed E-state index contributed by atoms with van der Waals surface area (Å²) in [6, 6.07) is 16.5. The van der Waals surface area contributed by atoms with Gasteiger partial charge in [-0.3, -0.25) is 0 Å². The summed E-state index contributed by atoms with van der Waals surface area (Å²) in [5.74, 6) is 0. The topological polar surface area (TPSA) is 58.3 Å². The number of aliphatic hydroxyl groups is 1. The van der Waals surface area contributed by atoms with E-state index in [1.807, 2.05) is 36.4 Å². The molecule has 1 heterocycles. The molecule has 3 nitrogen and oxygen atoms in total. The van der Waals surface area contributed by atoms with Crippen LogP contribution in [-0.4, -0.2) is 17.2 Å². The molecule has 116 valence electrons. The van der Waals surface area contributed by atoms with E-state index in [9.17, 15) is 5.11 Å². The zero-order valence-electron chi connectivity index (χ0n) is 12.4. The Hall–Kier alpha value is -1.36. The van der Waals surface area contributed by atoms with Gasteiger partial charge in [0, 0.05) is 22.2 Å². The molecule has 1 aliphatic heterocycles. The lowest BCUT2D eigenvalue weighted by Gasteiger charge is -2.20. The minimum atomic E-state index is -0.440. The fourth-order valence-electron chi connectivity index (χ4n) is 3.12. The number of halogens is 1. The van der Waals surface area contributed by atoms with Crippen LogP contribution in [0.25, 0.3) is 0 Å². The molecular formula is C18H21BrN2O. The first-order chi connectivity index (χ1) is 10.6. The Labute approximate surface area is 139 Å². The van der Waals surface area contributed by atoms with Crippen LogP contribution in [0.1, 0.15) is 30.1 Å². The van der Waals surface area contributed by atoms with Crippen LogP contribution in [0.15, 0.2) is 53.0 Å². The minimum absolute atomic E-state index is 0.129. The second kappa shape index (κ2) is 6.82. The van der Waals surface area contributed by atoms with Gasteiger partial charge >= 0.3 is 0 Å². The lowest BCUT2D eigenvalue weighted by Crippen LogP contribution is -2.35. The number of nitrogens with two attached hydrogens (primary N) is 1. The average molecular weight is 361 g/mol. The van der Waals surface area contributed by atoms with E-state index >= 15 is 0 Å². The van der Waals surface area contributed by atoms with Crippen molar-refractivity contribution in [3.05, 3.63) is 64.1 Å². The van der Waals surface area contributed by atoms with Crippen molar-refractivity contribution >= 4 is 21.6 Å². The van der Waals surface area contributed by atoms with Gasteiger partial charge in [-0.2, -0.15) is 0 Å². The maximum Gasteiger partial charge on any atom is 0.0943 e. The molecule has 1 aliphatic rings. The molecule has 0 amide bonds. The molecule has 3 atom stereocenters. The summed E-state index contributed by atoms with van der Waals surface area (Å²) in [6.45, 7) is 0. The van der Waals surface area contributed by atoms with Crippen LogP contribution >= 0.6 is 15.9 Å². The highest BCUT2D eigenvalue weighted by atomic mass is 79.9. The van der Waals surface area contributed by atoms with Gasteiger partial charge in [-0.15, -0.1) is 0 Å². The molecule has 22 heavy (non-hydrogen) atoms. The second-order valence-electron chi connectivity index (χ2n) is 5.96.